The summed E-state index contributed by atoms with van der Waals surface area (Å²) in [6.45, 7) is 3.78. The number of carbonyl (C=O) groups is 1. The monoisotopic (exact) mass is 292 g/mol. The lowest BCUT2D eigenvalue weighted by molar-refractivity contribution is -0.126. The molecule has 1 fully saturated rings. The van der Waals surface area contributed by atoms with Crippen molar-refractivity contribution in [3.63, 3.8) is 0 Å². The number of rotatable bonds is 5. The van der Waals surface area contributed by atoms with Gasteiger partial charge in [0.05, 0.1) is 25.3 Å². The number of nitrogens with one attached hydrogen (secondary N) is 2. The van der Waals surface area contributed by atoms with Gasteiger partial charge in [0.1, 0.15) is 11.5 Å². The first-order valence-corrected chi connectivity index (χ1v) is 7.39. The van der Waals surface area contributed by atoms with E-state index in [1.807, 2.05) is 12.1 Å². The van der Waals surface area contributed by atoms with Crippen molar-refractivity contribution in [1.29, 1.82) is 0 Å². The molecule has 0 aliphatic carbocycles. The van der Waals surface area contributed by atoms with Gasteiger partial charge in [-0.1, -0.05) is 6.92 Å². The number of carbonyl (C=O) groups excluding carboxylic acids is 1. The summed E-state index contributed by atoms with van der Waals surface area (Å²) in [7, 11) is 3.19. The van der Waals surface area contributed by atoms with Crippen LogP contribution < -0.4 is 20.1 Å². The summed E-state index contributed by atoms with van der Waals surface area (Å²) in [4.78, 5) is 12.7. The van der Waals surface area contributed by atoms with Crippen LogP contribution >= 0.6 is 0 Å². The third-order valence-electron chi connectivity index (χ3n) is 4.29. The zero-order valence-corrected chi connectivity index (χ0v) is 13.0. The molecule has 0 bridgehead atoms. The number of amides is 1. The molecule has 2 N–H and O–H groups in total. The van der Waals surface area contributed by atoms with Crippen LogP contribution in [-0.4, -0.2) is 33.2 Å². The molecule has 0 aromatic heterocycles. The van der Waals surface area contributed by atoms with Crippen molar-refractivity contribution in [2.75, 3.05) is 32.6 Å². The average Bonchev–Trinajstić information content (AvgIpc) is 2.55. The first-order valence-electron chi connectivity index (χ1n) is 7.39. The Hall–Kier alpha value is -1.75. The summed E-state index contributed by atoms with van der Waals surface area (Å²) in [6, 6.07) is 5.40. The SMILES string of the molecule is CCC1(C(=O)Nc2ccc(OC)cc2OC)CCCNC1. The second kappa shape index (κ2) is 6.80. The highest BCUT2D eigenvalue weighted by atomic mass is 16.5. The van der Waals surface area contributed by atoms with Crippen LogP contribution in [-0.2, 0) is 4.79 Å². The van der Waals surface area contributed by atoms with E-state index in [0.717, 1.165) is 32.4 Å². The third-order valence-corrected chi connectivity index (χ3v) is 4.29. The molecule has 1 atom stereocenters. The van der Waals surface area contributed by atoms with E-state index in [1.165, 1.54) is 0 Å². The molecule has 116 valence electrons. The van der Waals surface area contributed by atoms with Crippen molar-refractivity contribution in [3.8, 4) is 11.5 Å². The summed E-state index contributed by atoms with van der Waals surface area (Å²) >= 11 is 0. The largest absolute Gasteiger partial charge is 0.497 e. The van der Waals surface area contributed by atoms with Crippen molar-refractivity contribution in [3.05, 3.63) is 18.2 Å². The topological polar surface area (TPSA) is 59.6 Å². The second-order valence-electron chi connectivity index (χ2n) is 5.43. The molecule has 1 heterocycles. The number of benzene rings is 1. The Morgan fingerprint density at radius 3 is 2.76 bits per heavy atom. The van der Waals surface area contributed by atoms with Gasteiger partial charge in [-0.25, -0.2) is 0 Å². The first kappa shape index (κ1) is 15.6. The van der Waals surface area contributed by atoms with Crippen molar-refractivity contribution in [2.24, 2.45) is 5.41 Å². The van der Waals surface area contributed by atoms with E-state index >= 15 is 0 Å². The molecule has 0 saturated carbocycles. The molecular weight excluding hydrogens is 268 g/mol. The summed E-state index contributed by atoms with van der Waals surface area (Å²) in [5.74, 6) is 1.37. The molecule has 1 unspecified atom stereocenters. The zero-order chi connectivity index (χ0) is 15.3. The van der Waals surface area contributed by atoms with Crippen molar-refractivity contribution in [2.45, 2.75) is 26.2 Å². The zero-order valence-electron chi connectivity index (χ0n) is 13.0. The molecule has 1 aromatic rings. The fourth-order valence-corrected chi connectivity index (χ4v) is 2.78. The molecule has 5 nitrogen and oxygen atoms in total. The number of hydrogen-bond acceptors (Lipinski definition) is 4. The Morgan fingerprint density at radius 2 is 2.19 bits per heavy atom. The quantitative estimate of drug-likeness (QED) is 0.875. The molecule has 1 amide bonds. The standard InChI is InChI=1S/C16H24N2O3/c1-4-16(8-5-9-17-11-16)15(19)18-13-7-6-12(20-2)10-14(13)21-3/h6-7,10,17H,4-5,8-9,11H2,1-3H3,(H,18,19). The number of hydrogen-bond donors (Lipinski definition) is 2. The van der Waals surface area contributed by atoms with E-state index in [9.17, 15) is 4.79 Å². The van der Waals surface area contributed by atoms with Crippen molar-refractivity contribution in [1.82, 2.24) is 5.32 Å². The highest BCUT2D eigenvalue weighted by Crippen LogP contribution is 2.34. The maximum atomic E-state index is 12.7. The van der Waals surface area contributed by atoms with Crippen LogP contribution in [0.25, 0.3) is 0 Å². The van der Waals surface area contributed by atoms with Crippen LogP contribution in [0.15, 0.2) is 18.2 Å². The number of ether oxygens (including phenoxy) is 2. The van der Waals surface area contributed by atoms with Crippen LogP contribution in [0.2, 0.25) is 0 Å². The van der Waals surface area contributed by atoms with E-state index in [1.54, 1.807) is 20.3 Å². The first-order chi connectivity index (χ1) is 10.1. The molecule has 5 heteroatoms. The molecule has 1 saturated heterocycles. The number of piperidine rings is 1. The van der Waals surface area contributed by atoms with Gasteiger partial charge in [-0.05, 0) is 37.9 Å². The van der Waals surface area contributed by atoms with Crippen molar-refractivity contribution >= 4 is 11.6 Å². The fraction of sp³-hybridized carbons (Fsp3) is 0.562. The summed E-state index contributed by atoms with van der Waals surface area (Å²) in [5.41, 5.74) is 0.352. The molecule has 0 radical (unpaired) electrons. The van der Waals surface area contributed by atoms with Crippen LogP contribution in [0.4, 0.5) is 5.69 Å². The number of anilines is 1. The summed E-state index contributed by atoms with van der Waals surface area (Å²) < 4.78 is 10.5. The molecule has 1 aliphatic rings. The molecule has 0 spiro atoms. The predicted molar refractivity (Wildman–Crippen MR) is 83.0 cm³/mol. The normalized spacial score (nSPS) is 21.7. The van der Waals surface area contributed by atoms with Crippen LogP contribution in [0.3, 0.4) is 0 Å². The van der Waals surface area contributed by atoms with Gasteiger partial charge >= 0.3 is 0 Å². The lowest BCUT2D eigenvalue weighted by Crippen LogP contribution is -2.47. The average molecular weight is 292 g/mol. The van der Waals surface area contributed by atoms with E-state index in [0.29, 0.717) is 17.2 Å². The molecule has 1 aromatic carbocycles. The predicted octanol–water partition coefficient (Wildman–Crippen LogP) is 2.42. The van der Waals surface area contributed by atoms with Crippen LogP contribution in [0.5, 0.6) is 11.5 Å². The lowest BCUT2D eigenvalue weighted by Gasteiger charge is -2.35. The van der Waals surface area contributed by atoms with E-state index < -0.39 is 0 Å². The maximum absolute atomic E-state index is 12.7. The van der Waals surface area contributed by atoms with Gasteiger partial charge in [0, 0.05) is 12.6 Å². The Morgan fingerprint density at radius 1 is 1.38 bits per heavy atom. The number of methoxy groups -OCH3 is 2. The van der Waals surface area contributed by atoms with Crippen LogP contribution in [0, 0.1) is 5.41 Å². The minimum atomic E-state index is -0.330. The highest BCUT2D eigenvalue weighted by Gasteiger charge is 2.38. The van der Waals surface area contributed by atoms with Gasteiger partial charge in [0.15, 0.2) is 0 Å². The second-order valence-corrected chi connectivity index (χ2v) is 5.43. The maximum Gasteiger partial charge on any atom is 0.231 e. The van der Waals surface area contributed by atoms with Gasteiger partial charge < -0.3 is 20.1 Å². The Labute approximate surface area is 126 Å². The lowest BCUT2D eigenvalue weighted by atomic mass is 9.77. The van der Waals surface area contributed by atoms with E-state index in [2.05, 4.69) is 17.6 Å². The highest BCUT2D eigenvalue weighted by molar-refractivity contribution is 5.96. The van der Waals surface area contributed by atoms with Gasteiger partial charge in [-0.3, -0.25) is 4.79 Å². The van der Waals surface area contributed by atoms with Crippen molar-refractivity contribution < 1.29 is 14.3 Å². The van der Waals surface area contributed by atoms with Gasteiger partial charge in [-0.2, -0.15) is 0 Å². The summed E-state index contributed by atoms with van der Waals surface area (Å²) in [5, 5.41) is 6.34. The molecule has 2 rings (SSSR count). The fourth-order valence-electron chi connectivity index (χ4n) is 2.78. The molecule has 21 heavy (non-hydrogen) atoms. The smallest absolute Gasteiger partial charge is 0.231 e. The molecule has 1 aliphatic heterocycles. The minimum Gasteiger partial charge on any atom is -0.497 e. The molecular formula is C16H24N2O3. The van der Waals surface area contributed by atoms with E-state index in [-0.39, 0.29) is 11.3 Å². The van der Waals surface area contributed by atoms with Gasteiger partial charge in [0.25, 0.3) is 0 Å². The Kier molecular flexibility index (Phi) is 5.07. The minimum absolute atomic E-state index is 0.0562. The van der Waals surface area contributed by atoms with Gasteiger partial charge in [-0.15, -0.1) is 0 Å². The van der Waals surface area contributed by atoms with Gasteiger partial charge in [0.2, 0.25) is 5.91 Å². The third kappa shape index (κ3) is 3.29. The Balaban J connectivity index is 2.18. The summed E-state index contributed by atoms with van der Waals surface area (Å²) in [6.07, 6.45) is 2.77. The van der Waals surface area contributed by atoms with Crippen LogP contribution in [0.1, 0.15) is 26.2 Å². The van der Waals surface area contributed by atoms with E-state index in [4.69, 9.17) is 9.47 Å². The Bertz CT molecular complexity index is 496.